The molecular weight excluding hydrogens is 374 g/mol. The van der Waals surface area contributed by atoms with Crippen LogP contribution in [0.4, 0.5) is 11.6 Å². The number of nitrogens with zero attached hydrogens (tertiary/aromatic N) is 3. The molecule has 1 heterocycles. The molecule has 0 radical (unpaired) electrons. The van der Waals surface area contributed by atoms with Gasteiger partial charge < -0.3 is 15.8 Å². The number of benzene rings is 2. The zero-order valence-electron chi connectivity index (χ0n) is 15.8. The summed E-state index contributed by atoms with van der Waals surface area (Å²) in [6, 6.07) is 16.7. The first-order chi connectivity index (χ1) is 13.6. The molecule has 1 unspecified atom stereocenters. The molecule has 146 valence electrons. The van der Waals surface area contributed by atoms with Crippen molar-refractivity contribution in [3.8, 4) is 5.75 Å². The normalized spacial score (nSPS) is 11.8. The van der Waals surface area contributed by atoms with Crippen LogP contribution in [0.1, 0.15) is 24.9 Å². The highest BCUT2D eigenvalue weighted by atomic mass is 32.2. The summed E-state index contributed by atoms with van der Waals surface area (Å²) in [5, 5.41) is 11.7. The molecule has 0 saturated carbocycles. The Balaban J connectivity index is 1.75. The first kappa shape index (κ1) is 19.8. The minimum Gasteiger partial charge on any atom is -0.497 e. The van der Waals surface area contributed by atoms with Gasteiger partial charge in [0.05, 0.1) is 7.11 Å². The number of carbonyl (C=O) groups is 1. The van der Waals surface area contributed by atoms with Gasteiger partial charge >= 0.3 is 0 Å². The Morgan fingerprint density at radius 2 is 1.89 bits per heavy atom. The summed E-state index contributed by atoms with van der Waals surface area (Å²) < 4.78 is 6.84. The van der Waals surface area contributed by atoms with Crippen molar-refractivity contribution in [3.05, 3.63) is 60.2 Å². The van der Waals surface area contributed by atoms with E-state index in [-0.39, 0.29) is 11.9 Å². The third-order valence-corrected chi connectivity index (χ3v) is 5.27. The molecule has 7 nitrogen and oxygen atoms in total. The van der Waals surface area contributed by atoms with E-state index in [1.54, 1.807) is 35.9 Å². The summed E-state index contributed by atoms with van der Waals surface area (Å²) >= 11 is 1.51. The van der Waals surface area contributed by atoms with Gasteiger partial charge in [-0.05, 0) is 36.2 Å². The van der Waals surface area contributed by atoms with E-state index in [2.05, 4.69) is 15.5 Å². The number of nitrogen functional groups attached to an aromatic ring is 1. The van der Waals surface area contributed by atoms with E-state index in [0.717, 1.165) is 17.1 Å². The van der Waals surface area contributed by atoms with Crippen LogP contribution in [0.15, 0.2) is 59.8 Å². The molecule has 8 heteroatoms. The van der Waals surface area contributed by atoms with E-state index in [1.165, 1.54) is 11.8 Å². The first-order valence-electron chi connectivity index (χ1n) is 8.94. The number of carbonyl (C=O) groups excluding carboxylic acids is 1. The molecule has 1 aromatic heterocycles. The molecule has 0 spiro atoms. The van der Waals surface area contributed by atoms with Crippen LogP contribution >= 0.6 is 11.8 Å². The van der Waals surface area contributed by atoms with Crippen molar-refractivity contribution in [2.45, 2.75) is 30.3 Å². The Hall–Kier alpha value is -3.00. The minimum atomic E-state index is -0.504. The van der Waals surface area contributed by atoms with Gasteiger partial charge in [-0.25, -0.2) is 0 Å². The lowest BCUT2D eigenvalue weighted by molar-refractivity contribution is -0.119. The molecule has 0 aliphatic rings. The van der Waals surface area contributed by atoms with Gasteiger partial charge in [0.1, 0.15) is 11.8 Å². The van der Waals surface area contributed by atoms with Gasteiger partial charge in [-0.1, -0.05) is 49.0 Å². The molecule has 0 saturated heterocycles. The number of nitrogens with one attached hydrogen (secondary N) is 1. The molecule has 0 aliphatic heterocycles. The third kappa shape index (κ3) is 4.64. The Bertz CT molecular complexity index is 912. The number of thioether (sulfide) groups is 1. The van der Waals surface area contributed by atoms with Gasteiger partial charge in [-0.2, -0.15) is 0 Å². The highest BCUT2D eigenvalue weighted by molar-refractivity contribution is 7.98. The maximum Gasteiger partial charge on any atom is 0.247 e. The number of anilines is 2. The number of ether oxygens (including phenoxy) is 1. The average molecular weight is 398 g/mol. The lowest BCUT2D eigenvalue weighted by Gasteiger charge is -2.19. The van der Waals surface area contributed by atoms with Gasteiger partial charge in [-0.15, -0.1) is 10.2 Å². The van der Waals surface area contributed by atoms with Crippen LogP contribution in [0.3, 0.4) is 0 Å². The number of hydrogen-bond donors (Lipinski definition) is 2. The number of rotatable bonds is 8. The van der Waals surface area contributed by atoms with Crippen LogP contribution in [0.2, 0.25) is 0 Å². The molecule has 1 atom stereocenters. The van der Waals surface area contributed by atoms with Crippen LogP contribution in [0, 0.1) is 0 Å². The molecule has 0 fully saturated rings. The fraction of sp³-hybridized carbons (Fsp3) is 0.250. The predicted molar refractivity (Wildman–Crippen MR) is 111 cm³/mol. The molecule has 3 aromatic rings. The standard InChI is InChI=1S/C20H23N5O2S/c1-3-17(18(26)22-15-9-11-16(27-2)12-10-15)25-19(21)23-24-20(25)28-13-14-7-5-4-6-8-14/h4-12,17H,3,13H2,1-2H3,(H2,21,23)(H,22,26). The number of aromatic nitrogens is 3. The summed E-state index contributed by atoms with van der Waals surface area (Å²) in [5.41, 5.74) is 7.89. The lowest BCUT2D eigenvalue weighted by atomic mass is 10.2. The van der Waals surface area contributed by atoms with Crippen LogP contribution in [0.5, 0.6) is 5.75 Å². The zero-order valence-corrected chi connectivity index (χ0v) is 16.6. The van der Waals surface area contributed by atoms with E-state index in [0.29, 0.717) is 17.3 Å². The Labute approximate surface area is 168 Å². The summed E-state index contributed by atoms with van der Waals surface area (Å²) in [4.78, 5) is 12.9. The van der Waals surface area contributed by atoms with E-state index in [9.17, 15) is 4.79 Å². The molecule has 28 heavy (non-hydrogen) atoms. The fourth-order valence-corrected chi connectivity index (χ4v) is 3.73. The highest BCUT2D eigenvalue weighted by Crippen LogP contribution is 2.28. The van der Waals surface area contributed by atoms with E-state index in [1.807, 2.05) is 37.3 Å². The summed E-state index contributed by atoms with van der Waals surface area (Å²) in [6.45, 7) is 1.93. The first-order valence-corrected chi connectivity index (χ1v) is 9.93. The van der Waals surface area contributed by atoms with Gasteiger partial charge in [0, 0.05) is 11.4 Å². The van der Waals surface area contributed by atoms with Crippen molar-refractivity contribution in [3.63, 3.8) is 0 Å². The quantitative estimate of drug-likeness (QED) is 0.562. The number of nitrogens with two attached hydrogens (primary N) is 1. The maximum absolute atomic E-state index is 12.9. The number of hydrogen-bond acceptors (Lipinski definition) is 6. The largest absolute Gasteiger partial charge is 0.497 e. The van der Waals surface area contributed by atoms with E-state index < -0.39 is 6.04 Å². The van der Waals surface area contributed by atoms with Crippen LogP contribution in [-0.2, 0) is 10.5 Å². The maximum atomic E-state index is 12.9. The molecule has 0 bridgehead atoms. The van der Waals surface area contributed by atoms with Crippen molar-refractivity contribution in [2.24, 2.45) is 0 Å². The average Bonchev–Trinajstić information content (AvgIpc) is 3.09. The fourth-order valence-electron chi connectivity index (χ4n) is 2.79. The monoisotopic (exact) mass is 397 g/mol. The van der Waals surface area contributed by atoms with Crippen molar-refractivity contribution in [1.29, 1.82) is 0 Å². The molecule has 1 amide bonds. The molecule has 3 rings (SSSR count). The van der Waals surface area contributed by atoms with Crippen LogP contribution in [0.25, 0.3) is 0 Å². The summed E-state index contributed by atoms with van der Waals surface area (Å²) in [5.74, 6) is 1.51. The SMILES string of the molecule is CCC(C(=O)Nc1ccc(OC)cc1)n1c(N)nnc1SCc1ccccc1. The smallest absolute Gasteiger partial charge is 0.247 e. The van der Waals surface area contributed by atoms with Gasteiger partial charge in [-0.3, -0.25) is 9.36 Å². The van der Waals surface area contributed by atoms with Crippen molar-refractivity contribution in [1.82, 2.24) is 14.8 Å². The van der Waals surface area contributed by atoms with Crippen LogP contribution < -0.4 is 15.8 Å². The Morgan fingerprint density at radius 1 is 1.18 bits per heavy atom. The Kier molecular flexibility index (Phi) is 6.54. The summed E-state index contributed by atoms with van der Waals surface area (Å²) in [7, 11) is 1.60. The second-order valence-corrected chi connectivity index (χ2v) is 7.07. The van der Waals surface area contributed by atoms with Crippen LogP contribution in [-0.4, -0.2) is 27.8 Å². The topological polar surface area (TPSA) is 95.1 Å². The van der Waals surface area contributed by atoms with E-state index >= 15 is 0 Å². The lowest BCUT2D eigenvalue weighted by Crippen LogP contribution is -2.27. The third-order valence-electron chi connectivity index (χ3n) is 4.26. The Morgan fingerprint density at radius 3 is 2.54 bits per heavy atom. The van der Waals surface area contributed by atoms with E-state index in [4.69, 9.17) is 10.5 Å². The second-order valence-electron chi connectivity index (χ2n) is 6.13. The van der Waals surface area contributed by atoms with Crippen molar-refractivity contribution in [2.75, 3.05) is 18.2 Å². The summed E-state index contributed by atoms with van der Waals surface area (Å²) in [6.07, 6.45) is 0.559. The van der Waals surface area contributed by atoms with Gasteiger partial charge in [0.25, 0.3) is 0 Å². The number of methoxy groups -OCH3 is 1. The van der Waals surface area contributed by atoms with Crippen molar-refractivity contribution < 1.29 is 9.53 Å². The molecule has 0 aliphatic carbocycles. The van der Waals surface area contributed by atoms with Gasteiger partial charge in [0.15, 0.2) is 5.16 Å². The minimum absolute atomic E-state index is 0.166. The molecule has 2 aromatic carbocycles. The number of amides is 1. The van der Waals surface area contributed by atoms with Crippen molar-refractivity contribution >= 4 is 29.3 Å². The zero-order chi connectivity index (χ0) is 19.9. The highest BCUT2D eigenvalue weighted by Gasteiger charge is 2.25. The second kappa shape index (κ2) is 9.27. The predicted octanol–water partition coefficient (Wildman–Crippen LogP) is 3.75. The molecular formula is C20H23N5O2S. The van der Waals surface area contributed by atoms with Gasteiger partial charge in [0.2, 0.25) is 11.9 Å². The molecule has 3 N–H and O–H groups in total.